The second-order valence-corrected chi connectivity index (χ2v) is 9.92. The first-order valence-corrected chi connectivity index (χ1v) is 11.8. The van der Waals surface area contributed by atoms with Crippen molar-refractivity contribution in [2.75, 3.05) is 0 Å². The first-order valence-electron chi connectivity index (χ1n) is 11.8. The van der Waals surface area contributed by atoms with Crippen LogP contribution in [0.1, 0.15) is 117 Å². The van der Waals surface area contributed by atoms with Crippen LogP contribution in [0, 0.1) is 35.5 Å². The predicted molar refractivity (Wildman–Crippen MR) is 106 cm³/mol. The fourth-order valence-electron chi connectivity index (χ4n) is 6.53. The number of hydrogen-bond donors (Lipinski definition) is 0. The van der Waals surface area contributed by atoms with Crippen molar-refractivity contribution in [2.24, 2.45) is 35.5 Å². The van der Waals surface area contributed by atoms with Crippen molar-refractivity contribution in [3.05, 3.63) is 0 Å². The molecule has 3 saturated carbocycles. The largest absolute Gasteiger partial charge is 0.0654 e. The van der Waals surface area contributed by atoms with Crippen molar-refractivity contribution in [1.29, 1.82) is 0 Å². The molecule has 3 aliphatic carbocycles. The predicted octanol–water partition coefficient (Wildman–Crippen LogP) is 8.01. The van der Waals surface area contributed by atoms with Crippen molar-refractivity contribution in [1.82, 2.24) is 0 Å². The summed E-state index contributed by atoms with van der Waals surface area (Å²) in [6.45, 7) is 4.71. The SMILES string of the molecule is CCCC1CC(CC[C@H]2CC[C@H]([C@H]3CC[C@H](CCC)CC3)CC2)C1. The minimum Gasteiger partial charge on any atom is -0.0654 e. The molecular weight excluding hydrogens is 288 g/mol. The molecule has 0 aromatic rings. The molecular formula is C24H44. The summed E-state index contributed by atoms with van der Waals surface area (Å²) in [5.74, 6) is 6.64. The van der Waals surface area contributed by atoms with E-state index in [9.17, 15) is 0 Å². The van der Waals surface area contributed by atoms with E-state index in [-0.39, 0.29) is 0 Å². The van der Waals surface area contributed by atoms with Crippen molar-refractivity contribution in [3.8, 4) is 0 Å². The molecule has 140 valence electrons. The molecule has 0 aromatic carbocycles. The smallest absolute Gasteiger partial charge is 0.0386 e. The second kappa shape index (κ2) is 9.63. The van der Waals surface area contributed by atoms with Crippen LogP contribution in [-0.4, -0.2) is 0 Å². The number of hydrogen-bond acceptors (Lipinski definition) is 0. The molecule has 0 heterocycles. The zero-order valence-corrected chi connectivity index (χ0v) is 16.8. The Morgan fingerprint density at radius 2 is 0.833 bits per heavy atom. The zero-order chi connectivity index (χ0) is 16.8. The monoisotopic (exact) mass is 332 g/mol. The highest BCUT2D eigenvalue weighted by atomic mass is 14.4. The lowest BCUT2D eigenvalue weighted by Crippen LogP contribution is -2.27. The average molecular weight is 333 g/mol. The lowest BCUT2D eigenvalue weighted by Gasteiger charge is -2.39. The zero-order valence-electron chi connectivity index (χ0n) is 16.8. The van der Waals surface area contributed by atoms with Crippen LogP contribution in [0.4, 0.5) is 0 Å². The Labute approximate surface area is 152 Å². The van der Waals surface area contributed by atoms with Gasteiger partial charge in [0, 0.05) is 0 Å². The van der Waals surface area contributed by atoms with E-state index in [1.165, 1.54) is 25.7 Å². The first-order chi connectivity index (χ1) is 11.8. The highest BCUT2D eigenvalue weighted by Crippen LogP contribution is 2.45. The third kappa shape index (κ3) is 5.25. The second-order valence-electron chi connectivity index (χ2n) is 9.92. The van der Waals surface area contributed by atoms with Crippen LogP contribution in [0.3, 0.4) is 0 Å². The van der Waals surface area contributed by atoms with E-state index < -0.39 is 0 Å². The van der Waals surface area contributed by atoms with E-state index >= 15 is 0 Å². The minimum atomic E-state index is 1.08. The molecule has 0 saturated heterocycles. The Hall–Kier alpha value is 0. The van der Waals surface area contributed by atoms with E-state index in [0.717, 1.165) is 35.5 Å². The van der Waals surface area contributed by atoms with Gasteiger partial charge in [-0.3, -0.25) is 0 Å². The standard InChI is InChI=1S/C24H44/c1-3-5-19-9-13-23(14-10-19)24-15-11-20(12-16-24)7-8-22-17-21(18-22)6-4-2/h19-24H,3-18H2,1-2H3/t19-,20-,21?,22?,23-,24-. The molecule has 24 heavy (non-hydrogen) atoms. The molecule has 0 N–H and O–H groups in total. The van der Waals surface area contributed by atoms with Gasteiger partial charge in [-0.05, 0) is 74.0 Å². The molecule has 0 atom stereocenters. The van der Waals surface area contributed by atoms with Gasteiger partial charge in [0.1, 0.15) is 0 Å². The van der Waals surface area contributed by atoms with Crippen LogP contribution in [0.5, 0.6) is 0 Å². The Bertz CT molecular complexity index is 324. The summed E-state index contributed by atoms with van der Waals surface area (Å²) in [6.07, 6.45) is 24.7. The summed E-state index contributed by atoms with van der Waals surface area (Å²) in [6, 6.07) is 0. The first kappa shape index (κ1) is 18.8. The van der Waals surface area contributed by atoms with E-state index in [0.29, 0.717) is 0 Å². The molecule has 0 aliphatic heterocycles. The van der Waals surface area contributed by atoms with Crippen molar-refractivity contribution in [2.45, 2.75) is 117 Å². The lowest BCUT2D eigenvalue weighted by atomic mass is 9.66. The van der Waals surface area contributed by atoms with Crippen molar-refractivity contribution < 1.29 is 0 Å². The quantitative estimate of drug-likeness (QED) is 0.422. The molecule has 3 rings (SSSR count). The summed E-state index contributed by atoms with van der Waals surface area (Å²) in [4.78, 5) is 0. The molecule has 0 nitrogen and oxygen atoms in total. The van der Waals surface area contributed by atoms with Crippen LogP contribution in [0.2, 0.25) is 0 Å². The maximum Gasteiger partial charge on any atom is -0.0386 e. The highest BCUT2D eigenvalue weighted by molar-refractivity contribution is 4.84. The van der Waals surface area contributed by atoms with Gasteiger partial charge < -0.3 is 0 Å². The summed E-state index contributed by atoms with van der Waals surface area (Å²) < 4.78 is 0. The third-order valence-corrected chi connectivity index (χ3v) is 8.16. The Morgan fingerprint density at radius 3 is 1.33 bits per heavy atom. The molecule has 0 unspecified atom stereocenters. The Morgan fingerprint density at radius 1 is 0.458 bits per heavy atom. The van der Waals surface area contributed by atoms with E-state index in [1.54, 1.807) is 77.0 Å². The number of rotatable bonds is 8. The van der Waals surface area contributed by atoms with Gasteiger partial charge in [0.15, 0.2) is 0 Å². The van der Waals surface area contributed by atoms with E-state index in [2.05, 4.69) is 13.8 Å². The van der Waals surface area contributed by atoms with Gasteiger partial charge in [0.05, 0.1) is 0 Å². The lowest BCUT2D eigenvalue weighted by molar-refractivity contribution is 0.125. The summed E-state index contributed by atoms with van der Waals surface area (Å²) in [7, 11) is 0. The molecule has 0 radical (unpaired) electrons. The van der Waals surface area contributed by atoms with Crippen molar-refractivity contribution >= 4 is 0 Å². The van der Waals surface area contributed by atoms with E-state index in [4.69, 9.17) is 0 Å². The van der Waals surface area contributed by atoms with Gasteiger partial charge >= 0.3 is 0 Å². The van der Waals surface area contributed by atoms with Crippen molar-refractivity contribution in [3.63, 3.8) is 0 Å². The van der Waals surface area contributed by atoms with Gasteiger partial charge in [-0.1, -0.05) is 78.1 Å². The fraction of sp³-hybridized carbons (Fsp3) is 1.00. The normalized spacial score (nSPS) is 40.2. The molecule has 3 fully saturated rings. The third-order valence-electron chi connectivity index (χ3n) is 8.16. The maximum absolute atomic E-state index is 2.36. The molecule has 0 aromatic heterocycles. The summed E-state index contributed by atoms with van der Waals surface area (Å²) in [5.41, 5.74) is 0. The highest BCUT2D eigenvalue weighted by Gasteiger charge is 2.32. The fourth-order valence-corrected chi connectivity index (χ4v) is 6.53. The summed E-state index contributed by atoms with van der Waals surface area (Å²) >= 11 is 0. The van der Waals surface area contributed by atoms with Gasteiger partial charge in [0.2, 0.25) is 0 Å². The average Bonchev–Trinajstić information content (AvgIpc) is 2.58. The van der Waals surface area contributed by atoms with Crippen LogP contribution in [-0.2, 0) is 0 Å². The minimum absolute atomic E-state index is 1.08. The maximum atomic E-state index is 2.36. The van der Waals surface area contributed by atoms with Crippen LogP contribution >= 0.6 is 0 Å². The van der Waals surface area contributed by atoms with Gasteiger partial charge in [-0.2, -0.15) is 0 Å². The Balaban J connectivity index is 1.27. The van der Waals surface area contributed by atoms with Gasteiger partial charge in [0.25, 0.3) is 0 Å². The molecule has 0 spiro atoms. The van der Waals surface area contributed by atoms with Crippen LogP contribution in [0.25, 0.3) is 0 Å². The molecule has 0 amide bonds. The summed E-state index contributed by atoms with van der Waals surface area (Å²) in [5, 5.41) is 0. The van der Waals surface area contributed by atoms with E-state index in [1.807, 2.05) is 0 Å². The van der Waals surface area contributed by atoms with Crippen LogP contribution in [0.15, 0.2) is 0 Å². The van der Waals surface area contributed by atoms with Gasteiger partial charge in [-0.25, -0.2) is 0 Å². The topological polar surface area (TPSA) is 0 Å². The molecule has 3 aliphatic rings. The molecule has 0 bridgehead atoms. The Kier molecular flexibility index (Phi) is 7.54. The van der Waals surface area contributed by atoms with Crippen LogP contribution < -0.4 is 0 Å². The molecule has 0 heteroatoms. The van der Waals surface area contributed by atoms with Gasteiger partial charge in [-0.15, -0.1) is 0 Å².